The van der Waals surface area contributed by atoms with Gasteiger partial charge in [0.15, 0.2) is 5.17 Å². The Hall–Kier alpha value is -3.82. The molecule has 3 aromatic rings. The van der Waals surface area contributed by atoms with E-state index in [1.54, 1.807) is 67.5 Å². The lowest BCUT2D eigenvalue weighted by atomic mass is 10.1. The lowest BCUT2D eigenvalue weighted by molar-refractivity contribution is -0.128. The lowest BCUT2D eigenvalue weighted by Crippen LogP contribution is -2.35. The normalized spacial score (nSPS) is 15.9. The van der Waals surface area contributed by atoms with Crippen LogP contribution >= 0.6 is 23.4 Å². The lowest BCUT2D eigenvalue weighted by Gasteiger charge is -2.16. The van der Waals surface area contributed by atoms with Crippen molar-refractivity contribution in [3.8, 4) is 5.75 Å². The minimum absolute atomic E-state index is 0.00616. The molecule has 1 saturated heterocycles. The molecule has 39 heavy (non-hydrogen) atoms. The van der Waals surface area contributed by atoms with E-state index in [4.69, 9.17) is 21.1 Å². The third-order valence-electron chi connectivity index (χ3n) is 5.91. The number of thioether (sulfide) groups is 1. The van der Waals surface area contributed by atoms with Crippen molar-refractivity contribution in [2.75, 3.05) is 25.6 Å². The highest BCUT2D eigenvalue weighted by Crippen LogP contribution is 2.32. The molecule has 1 aliphatic heterocycles. The van der Waals surface area contributed by atoms with Gasteiger partial charge in [-0.2, -0.15) is 0 Å². The van der Waals surface area contributed by atoms with Crippen LogP contribution in [-0.4, -0.2) is 53.4 Å². The zero-order valence-corrected chi connectivity index (χ0v) is 23.1. The fourth-order valence-electron chi connectivity index (χ4n) is 3.87. The number of hydrogen-bond acceptors (Lipinski definition) is 7. The molecule has 1 heterocycles. The molecular formula is C29H28ClN3O5S. The quantitative estimate of drug-likeness (QED) is 0.315. The van der Waals surface area contributed by atoms with E-state index in [2.05, 4.69) is 10.3 Å². The first-order valence-electron chi connectivity index (χ1n) is 12.4. The number of halogens is 1. The molecule has 0 saturated carbocycles. The molecule has 1 aliphatic rings. The SMILES string of the molecule is CCOC(=O)c1ccc(N=C2S[C@@H](CC(=O)Nc3ccc(OC)cc3)C(=O)N2CCc2ccc(Cl)cc2)cc1. The first-order valence-corrected chi connectivity index (χ1v) is 13.6. The van der Waals surface area contributed by atoms with Crippen LogP contribution in [-0.2, 0) is 20.7 Å². The number of amidine groups is 1. The largest absolute Gasteiger partial charge is 0.497 e. The van der Waals surface area contributed by atoms with Crippen LogP contribution in [0.1, 0.15) is 29.3 Å². The smallest absolute Gasteiger partial charge is 0.338 e. The highest BCUT2D eigenvalue weighted by molar-refractivity contribution is 8.15. The van der Waals surface area contributed by atoms with Gasteiger partial charge < -0.3 is 14.8 Å². The molecule has 3 aromatic carbocycles. The second-order valence-corrected chi connectivity index (χ2v) is 10.2. The zero-order chi connectivity index (χ0) is 27.8. The van der Waals surface area contributed by atoms with Crippen molar-refractivity contribution in [2.45, 2.75) is 25.0 Å². The number of carbonyl (C=O) groups is 3. The van der Waals surface area contributed by atoms with E-state index in [-0.39, 0.29) is 24.8 Å². The molecular weight excluding hydrogens is 538 g/mol. The molecule has 0 radical (unpaired) electrons. The fourth-order valence-corrected chi connectivity index (χ4v) is 5.18. The van der Waals surface area contributed by atoms with Crippen LogP contribution < -0.4 is 10.1 Å². The van der Waals surface area contributed by atoms with Gasteiger partial charge in [0.1, 0.15) is 11.0 Å². The number of ether oxygens (including phenoxy) is 2. The van der Waals surface area contributed by atoms with E-state index in [1.165, 1.54) is 11.8 Å². The van der Waals surface area contributed by atoms with Crippen LogP contribution in [0.15, 0.2) is 77.8 Å². The molecule has 0 bridgehead atoms. The summed E-state index contributed by atoms with van der Waals surface area (Å²) in [5, 5.41) is 3.36. The van der Waals surface area contributed by atoms with Gasteiger partial charge >= 0.3 is 5.97 Å². The molecule has 0 unspecified atom stereocenters. The first kappa shape index (κ1) is 28.2. The van der Waals surface area contributed by atoms with Gasteiger partial charge in [0, 0.05) is 23.7 Å². The summed E-state index contributed by atoms with van der Waals surface area (Å²) in [6, 6.07) is 21.1. The Labute approximate surface area is 236 Å². The number of carbonyl (C=O) groups excluding carboxylic acids is 3. The highest BCUT2D eigenvalue weighted by Gasteiger charge is 2.39. The van der Waals surface area contributed by atoms with Gasteiger partial charge in [-0.15, -0.1) is 0 Å². The average molecular weight is 566 g/mol. The van der Waals surface area contributed by atoms with Crippen molar-refractivity contribution in [1.29, 1.82) is 0 Å². The first-order chi connectivity index (χ1) is 18.9. The molecule has 0 aliphatic carbocycles. The van der Waals surface area contributed by atoms with Crippen molar-refractivity contribution < 1.29 is 23.9 Å². The zero-order valence-electron chi connectivity index (χ0n) is 21.6. The topological polar surface area (TPSA) is 97.3 Å². The Balaban J connectivity index is 1.50. The Bertz CT molecular complexity index is 1340. The number of benzene rings is 3. The number of methoxy groups -OCH3 is 1. The monoisotopic (exact) mass is 565 g/mol. The van der Waals surface area contributed by atoms with Gasteiger partial charge in [0.25, 0.3) is 0 Å². The van der Waals surface area contributed by atoms with E-state index in [9.17, 15) is 14.4 Å². The Morgan fingerprint density at radius 1 is 1.03 bits per heavy atom. The molecule has 1 N–H and O–H groups in total. The summed E-state index contributed by atoms with van der Waals surface area (Å²) in [5.74, 6) is -0.180. The van der Waals surface area contributed by atoms with Crippen molar-refractivity contribution in [1.82, 2.24) is 4.90 Å². The van der Waals surface area contributed by atoms with Gasteiger partial charge in [0.2, 0.25) is 11.8 Å². The van der Waals surface area contributed by atoms with Gasteiger partial charge in [0.05, 0.1) is 25.0 Å². The van der Waals surface area contributed by atoms with Crippen LogP contribution in [0.4, 0.5) is 11.4 Å². The van der Waals surface area contributed by atoms with E-state index >= 15 is 0 Å². The minimum Gasteiger partial charge on any atom is -0.497 e. The van der Waals surface area contributed by atoms with E-state index in [1.807, 2.05) is 24.3 Å². The maximum atomic E-state index is 13.4. The molecule has 0 spiro atoms. The summed E-state index contributed by atoms with van der Waals surface area (Å²) in [6.45, 7) is 2.43. The molecule has 1 fully saturated rings. The third-order valence-corrected chi connectivity index (χ3v) is 7.33. The number of aliphatic imine (C=N–C) groups is 1. The Kier molecular flexibility index (Phi) is 9.62. The molecule has 4 rings (SSSR count). The predicted octanol–water partition coefficient (Wildman–Crippen LogP) is 5.73. The van der Waals surface area contributed by atoms with Crippen LogP contribution in [0.3, 0.4) is 0 Å². The molecule has 1 atom stereocenters. The highest BCUT2D eigenvalue weighted by atomic mass is 35.5. The van der Waals surface area contributed by atoms with Crippen molar-refractivity contribution in [3.63, 3.8) is 0 Å². The second kappa shape index (κ2) is 13.3. The predicted molar refractivity (Wildman–Crippen MR) is 154 cm³/mol. The summed E-state index contributed by atoms with van der Waals surface area (Å²) >= 11 is 7.26. The summed E-state index contributed by atoms with van der Waals surface area (Å²) in [7, 11) is 1.57. The number of hydrogen-bond donors (Lipinski definition) is 1. The summed E-state index contributed by atoms with van der Waals surface area (Å²) < 4.78 is 10.2. The number of anilines is 1. The average Bonchev–Trinajstić information content (AvgIpc) is 3.22. The maximum absolute atomic E-state index is 13.4. The number of nitrogens with zero attached hydrogens (tertiary/aromatic N) is 2. The van der Waals surface area contributed by atoms with E-state index < -0.39 is 11.2 Å². The summed E-state index contributed by atoms with van der Waals surface area (Å²) in [5.41, 5.74) is 2.64. The van der Waals surface area contributed by atoms with Crippen LogP contribution in [0.2, 0.25) is 5.02 Å². The van der Waals surface area contributed by atoms with E-state index in [0.29, 0.717) is 45.8 Å². The number of nitrogens with one attached hydrogen (secondary N) is 1. The van der Waals surface area contributed by atoms with Crippen LogP contribution in [0, 0.1) is 0 Å². The molecule has 2 amide bonds. The third kappa shape index (κ3) is 7.61. The second-order valence-electron chi connectivity index (χ2n) is 8.62. The molecule has 10 heteroatoms. The molecule has 8 nitrogen and oxygen atoms in total. The standard InChI is InChI=1S/C29H28ClN3O5S/c1-3-38-28(36)20-6-10-23(11-7-20)32-29-33(17-16-19-4-8-21(30)9-5-19)27(35)25(39-29)18-26(34)31-22-12-14-24(37-2)15-13-22/h4-15,25H,3,16-18H2,1-2H3,(H,31,34)/t25-/m0/s1. The van der Waals surface area contributed by atoms with Crippen LogP contribution in [0.25, 0.3) is 0 Å². The summed E-state index contributed by atoms with van der Waals surface area (Å²) in [6.07, 6.45) is 0.586. The van der Waals surface area contributed by atoms with Gasteiger partial charge in [-0.3, -0.25) is 14.5 Å². The Morgan fingerprint density at radius 3 is 2.36 bits per heavy atom. The van der Waals surface area contributed by atoms with Crippen LogP contribution in [0.5, 0.6) is 5.75 Å². The van der Waals surface area contributed by atoms with Gasteiger partial charge in [-0.05, 0) is 79.6 Å². The Morgan fingerprint density at radius 2 is 1.72 bits per heavy atom. The number of rotatable bonds is 10. The van der Waals surface area contributed by atoms with Crippen molar-refractivity contribution >= 4 is 57.7 Å². The number of esters is 1. The van der Waals surface area contributed by atoms with Gasteiger partial charge in [-0.1, -0.05) is 35.5 Å². The fraction of sp³-hybridized carbons (Fsp3) is 0.241. The van der Waals surface area contributed by atoms with Crippen molar-refractivity contribution in [2.24, 2.45) is 4.99 Å². The minimum atomic E-state index is -0.619. The number of amides is 2. The van der Waals surface area contributed by atoms with Crippen molar-refractivity contribution in [3.05, 3.63) is 88.9 Å². The maximum Gasteiger partial charge on any atom is 0.338 e. The van der Waals surface area contributed by atoms with E-state index in [0.717, 1.165) is 5.56 Å². The molecule has 202 valence electrons. The summed E-state index contributed by atoms with van der Waals surface area (Å²) in [4.78, 5) is 44.5. The van der Waals surface area contributed by atoms with Gasteiger partial charge in [-0.25, -0.2) is 9.79 Å². The molecule has 0 aromatic heterocycles.